The first-order valence-electron chi connectivity index (χ1n) is 11.3. The summed E-state index contributed by atoms with van der Waals surface area (Å²) in [6, 6.07) is 8.51. The van der Waals surface area contributed by atoms with Gasteiger partial charge in [0.15, 0.2) is 23.1 Å². The van der Waals surface area contributed by atoms with E-state index in [9.17, 15) is 10.1 Å². The van der Waals surface area contributed by atoms with Gasteiger partial charge < -0.3 is 20.7 Å². The maximum Gasteiger partial charge on any atom is 0.273 e. The Kier molecular flexibility index (Phi) is 4.85. The van der Waals surface area contributed by atoms with Crippen LogP contribution in [0.4, 0.5) is 17.2 Å². The van der Waals surface area contributed by atoms with Crippen molar-refractivity contribution < 1.29 is 13.6 Å². The Balaban J connectivity index is 1.73. The minimum atomic E-state index is -2.72. The van der Waals surface area contributed by atoms with E-state index in [4.69, 9.17) is 8.85 Å². The van der Waals surface area contributed by atoms with Gasteiger partial charge in [-0.3, -0.25) is 9.48 Å². The number of amides is 1. The number of aryl methyl sites for hydroxylation is 1. The van der Waals surface area contributed by atoms with Crippen LogP contribution in [0.1, 0.15) is 27.4 Å². The highest BCUT2D eigenvalue weighted by atomic mass is 16.5. The molecule has 11 nitrogen and oxygen atoms in total. The molecule has 164 valence electrons. The predicted molar refractivity (Wildman–Crippen MR) is 117 cm³/mol. The number of nitriles is 1. The highest BCUT2D eigenvalue weighted by Gasteiger charge is 2.31. The lowest BCUT2D eigenvalue weighted by Gasteiger charge is -2.17. The third kappa shape index (κ3) is 4.29. The summed E-state index contributed by atoms with van der Waals surface area (Å²) in [5.41, 5.74) is 0.986. The molecule has 32 heavy (non-hydrogen) atoms. The van der Waals surface area contributed by atoms with Crippen molar-refractivity contribution in [2.75, 3.05) is 24.7 Å². The topological polar surface area (TPSA) is 143 Å². The molecule has 1 amide bonds. The number of para-hydroxylation sites is 1. The summed E-state index contributed by atoms with van der Waals surface area (Å²) < 4.78 is 29.2. The molecule has 4 rings (SSSR count). The number of rotatable bonds is 8. The smallest absolute Gasteiger partial charge is 0.273 e. The third-order valence-electron chi connectivity index (χ3n) is 4.99. The van der Waals surface area contributed by atoms with Crippen LogP contribution in [0.25, 0.3) is 11.4 Å². The lowest BCUT2D eigenvalue weighted by atomic mass is 10.1. The van der Waals surface area contributed by atoms with Crippen LogP contribution >= 0.6 is 0 Å². The Morgan fingerprint density at radius 3 is 2.88 bits per heavy atom. The number of benzene rings is 1. The maximum absolute atomic E-state index is 12.7. The van der Waals surface area contributed by atoms with Crippen LogP contribution in [0.3, 0.4) is 0 Å². The van der Waals surface area contributed by atoms with E-state index in [1.165, 1.54) is 13.2 Å². The maximum atomic E-state index is 12.7. The highest BCUT2D eigenvalue weighted by Crippen LogP contribution is 2.37. The molecule has 3 aromatic rings. The van der Waals surface area contributed by atoms with Gasteiger partial charge in [0.25, 0.3) is 5.91 Å². The number of carbonyl (C=O) groups is 1. The van der Waals surface area contributed by atoms with Gasteiger partial charge in [-0.2, -0.15) is 10.4 Å². The lowest BCUT2D eigenvalue weighted by Crippen LogP contribution is -2.24. The van der Waals surface area contributed by atoms with Crippen LogP contribution in [0, 0.1) is 17.2 Å². The van der Waals surface area contributed by atoms with Crippen molar-refractivity contribution >= 4 is 23.1 Å². The van der Waals surface area contributed by atoms with Crippen molar-refractivity contribution in [3.8, 4) is 23.2 Å². The molecule has 0 radical (unpaired) electrons. The van der Waals surface area contributed by atoms with Gasteiger partial charge in [0.2, 0.25) is 0 Å². The number of hydrogen-bond acceptors (Lipinski definition) is 9. The third-order valence-corrected chi connectivity index (χ3v) is 4.99. The number of methoxy groups -OCH3 is 1. The largest absolute Gasteiger partial charge is 0.494 e. The fraction of sp³-hybridized carbons (Fsp3) is 0.333. The monoisotopic (exact) mass is 436 g/mol. The average molecular weight is 436 g/mol. The second-order valence-corrected chi connectivity index (χ2v) is 7.29. The Morgan fingerprint density at radius 1 is 1.38 bits per heavy atom. The van der Waals surface area contributed by atoms with E-state index in [-0.39, 0.29) is 23.1 Å². The average Bonchev–Trinajstić information content (AvgIpc) is 3.56. The zero-order valence-corrected chi connectivity index (χ0v) is 17.5. The van der Waals surface area contributed by atoms with Crippen LogP contribution in [-0.4, -0.2) is 51.0 Å². The normalized spacial score (nSPS) is 15.5. The first kappa shape index (κ1) is 17.5. The molecule has 2 aromatic heterocycles. The van der Waals surface area contributed by atoms with Gasteiger partial charge in [-0.1, -0.05) is 6.07 Å². The Morgan fingerprint density at radius 2 is 2.22 bits per heavy atom. The molecule has 1 aromatic carbocycles. The molecule has 1 unspecified atom stereocenters. The number of nitrogens with zero attached hydrogens (tertiary/aromatic N) is 6. The number of hydrogen-bond donors (Lipinski definition) is 3. The molecule has 11 heteroatoms. The van der Waals surface area contributed by atoms with E-state index in [1.54, 1.807) is 36.3 Å². The predicted octanol–water partition coefficient (Wildman–Crippen LogP) is 2.10. The van der Waals surface area contributed by atoms with E-state index in [2.05, 4.69) is 37.0 Å². The number of nitrogens with one attached hydrogen (secondary N) is 3. The van der Waals surface area contributed by atoms with Crippen molar-refractivity contribution in [3.05, 3.63) is 36.3 Å². The molecular formula is C21H23N9O2. The van der Waals surface area contributed by atoms with Crippen molar-refractivity contribution in [1.82, 2.24) is 30.3 Å². The van der Waals surface area contributed by atoms with Crippen molar-refractivity contribution in [2.45, 2.75) is 18.9 Å². The van der Waals surface area contributed by atoms with E-state index < -0.39 is 18.9 Å². The van der Waals surface area contributed by atoms with Crippen molar-refractivity contribution in [2.24, 2.45) is 13.0 Å². The summed E-state index contributed by atoms with van der Waals surface area (Å²) >= 11 is 0. The van der Waals surface area contributed by atoms with Gasteiger partial charge in [-0.15, -0.1) is 10.2 Å². The summed E-state index contributed by atoms with van der Waals surface area (Å²) in [6.45, 7) is -2.72. The number of ether oxygens (including phenoxy) is 1. The van der Waals surface area contributed by atoms with Crippen LogP contribution in [0.5, 0.6) is 5.75 Å². The highest BCUT2D eigenvalue weighted by molar-refractivity contribution is 5.98. The van der Waals surface area contributed by atoms with Crippen LogP contribution in [0.2, 0.25) is 0 Å². The minimum Gasteiger partial charge on any atom is -0.494 e. The van der Waals surface area contributed by atoms with Crippen LogP contribution < -0.4 is 20.7 Å². The van der Waals surface area contributed by atoms with Gasteiger partial charge >= 0.3 is 0 Å². The molecule has 0 bridgehead atoms. The summed E-state index contributed by atoms with van der Waals surface area (Å²) in [5, 5.41) is 29.7. The number of aromatic nitrogens is 5. The Bertz CT molecular complexity index is 1280. The Hall–Kier alpha value is -4.20. The van der Waals surface area contributed by atoms with E-state index in [0.29, 0.717) is 22.8 Å². The number of carbonyl (C=O) groups excluding carboxylic acids is 1. The van der Waals surface area contributed by atoms with Gasteiger partial charge in [0.05, 0.1) is 30.1 Å². The Labute approximate surface area is 189 Å². The molecule has 1 saturated carbocycles. The molecule has 3 N–H and O–H groups in total. The van der Waals surface area contributed by atoms with Crippen LogP contribution in [-0.2, 0) is 7.05 Å². The zero-order chi connectivity index (χ0) is 25.2. The minimum absolute atomic E-state index is 0.168. The van der Waals surface area contributed by atoms with Crippen molar-refractivity contribution in [1.29, 1.82) is 5.26 Å². The molecule has 1 atom stereocenters. The van der Waals surface area contributed by atoms with Crippen LogP contribution in [0.15, 0.2) is 30.6 Å². The lowest BCUT2D eigenvalue weighted by molar-refractivity contribution is 0.0958. The molecule has 1 aliphatic rings. The SMILES string of the molecule is [2H]C([2H])([2H])NC(=O)c1nnc(NC(C#N)C2CC2)cc1Nc1cccc(-c2ncn(C)n2)c1OC. The zero-order valence-electron chi connectivity index (χ0n) is 20.5. The van der Waals surface area contributed by atoms with E-state index in [1.807, 2.05) is 5.32 Å². The second-order valence-electron chi connectivity index (χ2n) is 7.29. The summed E-state index contributed by atoms with van der Waals surface area (Å²) in [6.07, 6.45) is 3.44. The molecule has 0 spiro atoms. The fourth-order valence-corrected chi connectivity index (χ4v) is 3.27. The fourth-order valence-electron chi connectivity index (χ4n) is 3.27. The molecule has 1 fully saturated rings. The standard InChI is InChI=1S/C21H23N9O2/c1-23-21(31)18-15(9-17(27-28-18)26-16(10-22)12-7-8-12)25-14-6-4-5-13(19(14)32-3)20-24-11-30(2)29-20/h4-6,9,11-12,16H,7-8H2,1-3H3,(H,23,31)(H2,25,26,27)/i1D3. The van der Waals surface area contributed by atoms with E-state index >= 15 is 0 Å². The van der Waals surface area contributed by atoms with Gasteiger partial charge in [-0.25, -0.2) is 4.98 Å². The molecular weight excluding hydrogens is 410 g/mol. The molecule has 1 aliphatic carbocycles. The number of anilines is 3. The quantitative estimate of drug-likeness (QED) is 0.483. The summed E-state index contributed by atoms with van der Waals surface area (Å²) in [7, 11) is 3.23. The van der Waals surface area contributed by atoms with Crippen molar-refractivity contribution in [3.63, 3.8) is 0 Å². The van der Waals surface area contributed by atoms with Gasteiger partial charge in [0, 0.05) is 24.2 Å². The summed E-state index contributed by atoms with van der Waals surface area (Å²) in [4.78, 5) is 16.9. The summed E-state index contributed by atoms with van der Waals surface area (Å²) in [5.74, 6) is 0.384. The van der Waals surface area contributed by atoms with Gasteiger partial charge in [-0.05, 0) is 30.9 Å². The van der Waals surface area contributed by atoms with E-state index in [0.717, 1.165) is 12.8 Å². The molecule has 0 aliphatic heterocycles. The molecule has 0 saturated heterocycles. The first-order chi connectivity index (χ1) is 16.7. The second kappa shape index (κ2) is 8.89. The molecule has 2 heterocycles. The first-order valence-corrected chi connectivity index (χ1v) is 9.85. The van der Waals surface area contributed by atoms with Gasteiger partial charge in [0.1, 0.15) is 12.4 Å².